The molecule has 0 bridgehead atoms. The monoisotopic (exact) mass is 507 g/mol. The van der Waals surface area contributed by atoms with Crippen molar-refractivity contribution in [3.05, 3.63) is 81.3 Å². The van der Waals surface area contributed by atoms with Crippen LogP contribution in [0.3, 0.4) is 0 Å². The third kappa shape index (κ3) is 4.79. The van der Waals surface area contributed by atoms with Crippen molar-refractivity contribution in [2.45, 2.75) is 52.0 Å². The Kier molecular flexibility index (Phi) is 7.04. The molecule has 10 nitrogen and oxygen atoms in total. The summed E-state index contributed by atoms with van der Waals surface area (Å²) < 4.78 is 19.3. The van der Waals surface area contributed by atoms with Crippen molar-refractivity contribution in [1.29, 1.82) is 0 Å². The summed E-state index contributed by atoms with van der Waals surface area (Å²) in [5.41, 5.74) is -1.75. The van der Waals surface area contributed by atoms with Gasteiger partial charge in [-0.25, -0.2) is 19.1 Å². The van der Waals surface area contributed by atoms with Crippen LogP contribution in [-0.4, -0.2) is 38.4 Å². The largest absolute Gasteiger partial charge is 0.496 e. The number of benzene rings is 2. The van der Waals surface area contributed by atoms with Gasteiger partial charge in [-0.15, -0.1) is 0 Å². The van der Waals surface area contributed by atoms with Crippen molar-refractivity contribution in [2.24, 2.45) is 0 Å². The molecule has 0 aliphatic carbocycles. The predicted molar refractivity (Wildman–Crippen MR) is 137 cm³/mol. The Morgan fingerprint density at radius 3 is 2.51 bits per heavy atom. The molecule has 0 saturated heterocycles. The third-order valence-corrected chi connectivity index (χ3v) is 6.18. The van der Waals surface area contributed by atoms with E-state index in [-0.39, 0.29) is 23.9 Å². The Labute approximate surface area is 212 Å². The van der Waals surface area contributed by atoms with E-state index in [0.29, 0.717) is 22.4 Å². The lowest BCUT2D eigenvalue weighted by Gasteiger charge is -2.27. The summed E-state index contributed by atoms with van der Waals surface area (Å²) in [6.07, 6.45) is 2.05. The average molecular weight is 508 g/mol. The highest BCUT2D eigenvalue weighted by atomic mass is 16.5. The van der Waals surface area contributed by atoms with Gasteiger partial charge in [-0.05, 0) is 52.0 Å². The van der Waals surface area contributed by atoms with Crippen molar-refractivity contribution < 1.29 is 23.8 Å². The van der Waals surface area contributed by atoms with E-state index in [1.54, 1.807) is 31.4 Å². The fourth-order valence-corrected chi connectivity index (χ4v) is 4.28. The predicted octanol–water partition coefficient (Wildman–Crippen LogP) is 3.81. The van der Waals surface area contributed by atoms with E-state index in [0.717, 1.165) is 4.57 Å². The zero-order valence-corrected chi connectivity index (χ0v) is 21.3. The van der Waals surface area contributed by atoms with Crippen LogP contribution in [0.4, 0.5) is 0 Å². The number of aromatic nitrogens is 3. The van der Waals surface area contributed by atoms with Gasteiger partial charge in [0, 0.05) is 11.1 Å². The van der Waals surface area contributed by atoms with Gasteiger partial charge in [0.25, 0.3) is 5.56 Å². The van der Waals surface area contributed by atoms with Crippen LogP contribution in [0.2, 0.25) is 0 Å². The number of hydrogen-bond donors (Lipinski definition) is 1. The molecule has 0 fully saturated rings. The molecule has 1 N–H and O–H groups in total. The highest BCUT2D eigenvalue weighted by Crippen LogP contribution is 2.31. The lowest BCUT2D eigenvalue weighted by molar-refractivity contribution is -0.146. The number of ether oxygens (including phenoxy) is 2. The molecule has 4 aromatic rings. The number of carboxylic acid groups (broad SMARTS) is 1. The molecule has 0 unspecified atom stereocenters. The highest BCUT2D eigenvalue weighted by Gasteiger charge is 2.35. The summed E-state index contributed by atoms with van der Waals surface area (Å²) in [5, 5.41) is 10.0. The molecule has 0 aliphatic rings. The fourth-order valence-electron chi connectivity index (χ4n) is 4.28. The second-order valence-corrected chi connectivity index (χ2v) is 9.38. The van der Waals surface area contributed by atoms with Crippen LogP contribution in [-0.2, 0) is 21.6 Å². The van der Waals surface area contributed by atoms with Crippen LogP contribution >= 0.6 is 0 Å². The molecule has 37 heavy (non-hydrogen) atoms. The Bertz CT molecular complexity index is 1550. The van der Waals surface area contributed by atoms with Crippen molar-refractivity contribution in [3.8, 4) is 17.2 Å². The smallest absolute Gasteiger partial charge is 0.332 e. The van der Waals surface area contributed by atoms with Crippen molar-refractivity contribution >= 4 is 16.9 Å². The maximum absolute atomic E-state index is 13.8. The van der Waals surface area contributed by atoms with E-state index >= 15 is 0 Å². The minimum absolute atomic E-state index is 0.00220. The van der Waals surface area contributed by atoms with E-state index in [9.17, 15) is 19.5 Å². The van der Waals surface area contributed by atoms with E-state index in [1.165, 1.54) is 30.9 Å². The Hall–Kier alpha value is -4.18. The molecular formula is C27H29N3O7. The zero-order chi connectivity index (χ0) is 26.9. The quantitative estimate of drug-likeness (QED) is 0.362. The van der Waals surface area contributed by atoms with Crippen LogP contribution in [0.25, 0.3) is 22.4 Å². The Morgan fingerprint density at radius 1 is 1.16 bits per heavy atom. The number of oxazole rings is 1. The van der Waals surface area contributed by atoms with Gasteiger partial charge < -0.3 is 19.0 Å². The van der Waals surface area contributed by atoms with Crippen LogP contribution in [0.15, 0.2) is 68.9 Å². The van der Waals surface area contributed by atoms with Gasteiger partial charge in [0.15, 0.2) is 0 Å². The molecule has 0 aliphatic heterocycles. The summed E-state index contributed by atoms with van der Waals surface area (Å²) in [7, 11) is 1.55. The van der Waals surface area contributed by atoms with Gasteiger partial charge >= 0.3 is 11.7 Å². The molecular weight excluding hydrogens is 478 g/mol. The molecule has 0 amide bonds. The summed E-state index contributed by atoms with van der Waals surface area (Å²) in [4.78, 5) is 43.7. The topological polar surface area (TPSA) is 126 Å². The zero-order valence-electron chi connectivity index (χ0n) is 21.3. The van der Waals surface area contributed by atoms with Crippen LogP contribution in [0.1, 0.15) is 39.4 Å². The van der Waals surface area contributed by atoms with Gasteiger partial charge in [-0.1, -0.05) is 18.2 Å². The molecule has 2 aromatic carbocycles. The van der Waals surface area contributed by atoms with Crippen LogP contribution in [0.5, 0.6) is 5.75 Å². The Morgan fingerprint density at radius 2 is 1.89 bits per heavy atom. The minimum atomic E-state index is -1.82. The fraction of sp³-hybridized carbons (Fsp3) is 0.333. The van der Waals surface area contributed by atoms with E-state index in [2.05, 4.69) is 4.98 Å². The van der Waals surface area contributed by atoms with Gasteiger partial charge in [0.2, 0.25) is 5.89 Å². The number of nitrogens with zero attached hydrogens (tertiary/aromatic N) is 3. The highest BCUT2D eigenvalue weighted by molar-refractivity contribution is 5.83. The number of methoxy groups -OCH3 is 1. The first kappa shape index (κ1) is 25.9. The van der Waals surface area contributed by atoms with Gasteiger partial charge in [-0.2, -0.15) is 0 Å². The van der Waals surface area contributed by atoms with E-state index < -0.39 is 28.9 Å². The molecule has 2 heterocycles. The van der Waals surface area contributed by atoms with Gasteiger partial charge in [-0.3, -0.25) is 9.36 Å². The molecule has 0 saturated carbocycles. The number of rotatable bonds is 9. The molecule has 0 radical (unpaired) electrons. The summed E-state index contributed by atoms with van der Waals surface area (Å²) in [6, 6.07) is 12.2. The number of hydrogen-bond acceptors (Lipinski definition) is 7. The number of carboxylic acids is 1. The lowest BCUT2D eigenvalue weighted by atomic mass is 10.0. The Balaban J connectivity index is 2.01. The second-order valence-electron chi connectivity index (χ2n) is 9.38. The number of aliphatic carboxylic acids is 1. The molecule has 10 heteroatoms. The SMILES string of the molecule is COc1ccccc1[C@H](Cn1c(=O)n(C(C)(C)C(=O)O)c(=O)c2cc(-c3ncco3)ccc21)OC(C)C. The van der Waals surface area contributed by atoms with Crippen molar-refractivity contribution in [2.75, 3.05) is 7.11 Å². The van der Waals surface area contributed by atoms with Crippen molar-refractivity contribution in [1.82, 2.24) is 14.1 Å². The summed E-state index contributed by atoms with van der Waals surface area (Å²) in [6.45, 7) is 6.38. The maximum Gasteiger partial charge on any atom is 0.332 e. The third-order valence-electron chi connectivity index (χ3n) is 6.18. The first-order valence-corrected chi connectivity index (χ1v) is 11.8. The average Bonchev–Trinajstić information content (AvgIpc) is 3.40. The van der Waals surface area contributed by atoms with Gasteiger partial charge in [0.05, 0.1) is 36.9 Å². The summed E-state index contributed by atoms with van der Waals surface area (Å²) >= 11 is 0. The number of para-hydroxylation sites is 1. The van der Waals surface area contributed by atoms with Gasteiger partial charge in [0.1, 0.15) is 23.7 Å². The molecule has 194 valence electrons. The summed E-state index contributed by atoms with van der Waals surface area (Å²) in [5.74, 6) is -0.449. The van der Waals surface area contributed by atoms with E-state index in [4.69, 9.17) is 13.9 Å². The maximum atomic E-state index is 13.8. The normalized spacial score (nSPS) is 12.7. The number of carbonyl (C=O) groups is 1. The molecule has 4 rings (SSSR count). The molecule has 1 atom stereocenters. The molecule has 0 spiro atoms. The molecule has 2 aromatic heterocycles. The van der Waals surface area contributed by atoms with Crippen LogP contribution in [0, 0.1) is 0 Å². The first-order chi connectivity index (χ1) is 17.6. The van der Waals surface area contributed by atoms with E-state index in [1.807, 2.05) is 32.0 Å². The standard InChI is InChI=1S/C27H29N3O7/c1-16(2)37-22(18-8-6-7-9-21(18)35-5)15-29-20-11-10-17(23-28-12-13-36-23)14-19(20)24(31)30(26(29)34)27(3,4)25(32)33/h6-14,16,22H,15H2,1-5H3,(H,32,33)/t22-/m0/s1. The minimum Gasteiger partial charge on any atom is -0.496 e. The first-order valence-electron chi connectivity index (χ1n) is 11.8. The van der Waals surface area contributed by atoms with Crippen LogP contribution < -0.4 is 16.0 Å². The van der Waals surface area contributed by atoms with Crippen molar-refractivity contribution in [3.63, 3.8) is 0 Å². The lowest BCUT2D eigenvalue weighted by Crippen LogP contribution is -2.52. The number of fused-ring (bicyclic) bond motifs is 1. The second kappa shape index (κ2) is 10.1.